The van der Waals surface area contributed by atoms with Crippen LogP contribution in [0.5, 0.6) is 0 Å². The van der Waals surface area contributed by atoms with Crippen molar-refractivity contribution in [2.45, 2.75) is 52.1 Å². The number of aromatic nitrogens is 2. The van der Waals surface area contributed by atoms with Gasteiger partial charge >= 0.3 is 0 Å². The van der Waals surface area contributed by atoms with Gasteiger partial charge in [0.15, 0.2) is 0 Å². The molecule has 1 aliphatic heterocycles. The molecule has 1 N–H and O–H groups in total. The van der Waals surface area contributed by atoms with E-state index in [0.717, 1.165) is 64.1 Å². The molecule has 25 heavy (non-hydrogen) atoms. The molecule has 0 spiro atoms. The molecule has 0 bridgehead atoms. The number of likely N-dealkylation sites (tertiary alicyclic amines) is 1. The summed E-state index contributed by atoms with van der Waals surface area (Å²) in [6.45, 7) is 6.49. The molecule has 0 atom stereocenters. The molecule has 2 aromatic rings. The Kier molecular flexibility index (Phi) is 6.27. The van der Waals surface area contributed by atoms with Crippen LogP contribution in [-0.2, 0) is 19.5 Å². The third-order valence-corrected chi connectivity index (χ3v) is 5.77. The SMILES string of the molecule is CCn1ccnc1CN1CCC(CO)(CCCc2ccccc2)CC1. The topological polar surface area (TPSA) is 41.3 Å². The Bertz CT molecular complexity index is 630. The van der Waals surface area contributed by atoms with E-state index in [4.69, 9.17) is 0 Å². The minimum Gasteiger partial charge on any atom is -0.396 e. The van der Waals surface area contributed by atoms with Crippen LogP contribution in [0, 0.1) is 5.41 Å². The molecule has 1 aromatic carbocycles. The van der Waals surface area contributed by atoms with E-state index in [0.29, 0.717) is 6.61 Å². The van der Waals surface area contributed by atoms with Crippen LogP contribution >= 0.6 is 0 Å². The van der Waals surface area contributed by atoms with Gasteiger partial charge < -0.3 is 9.67 Å². The lowest BCUT2D eigenvalue weighted by Crippen LogP contribution is -2.42. The van der Waals surface area contributed by atoms with Gasteiger partial charge in [-0.15, -0.1) is 0 Å². The number of hydrogen-bond acceptors (Lipinski definition) is 3. The molecular formula is C21H31N3O. The first kappa shape index (κ1) is 18.2. The molecule has 4 heteroatoms. The average molecular weight is 341 g/mol. The van der Waals surface area contributed by atoms with Gasteiger partial charge in [0.25, 0.3) is 0 Å². The van der Waals surface area contributed by atoms with Gasteiger partial charge in [-0.05, 0) is 63.1 Å². The maximum Gasteiger partial charge on any atom is 0.122 e. The van der Waals surface area contributed by atoms with Gasteiger partial charge in [-0.25, -0.2) is 4.98 Å². The highest BCUT2D eigenvalue weighted by atomic mass is 16.3. The summed E-state index contributed by atoms with van der Waals surface area (Å²) < 4.78 is 2.22. The van der Waals surface area contributed by atoms with Crippen molar-refractivity contribution in [1.82, 2.24) is 14.5 Å². The van der Waals surface area contributed by atoms with Crippen LogP contribution in [0.4, 0.5) is 0 Å². The molecule has 4 nitrogen and oxygen atoms in total. The smallest absolute Gasteiger partial charge is 0.122 e. The lowest BCUT2D eigenvalue weighted by atomic mass is 9.75. The summed E-state index contributed by atoms with van der Waals surface area (Å²) in [7, 11) is 0. The van der Waals surface area contributed by atoms with Gasteiger partial charge in [-0.1, -0.05) is 30.3 Å². The Morgan fingerprint density at radius 1 is 1.16 bits per heavy atom. The zero-order valence-corrected chi connectivity index (χ0v) is 15.4. The van der Waals surface area contributed by atoms with E-state index in [9.17, 15) is 5.11 Å². The Morgan fingerprint density at radius 3 is 2.60 bits per heavy atom. The van der Waals surface area contributed by atoms with Crippen molar-refractivity contribution in [2.24, 2.45) is 5.41 Å². The molecule has 0 aliphatic carbocycles. The second-order valence-corrected chi connectivity index (χ2v) is 7.40. The van der Waals surface area contributed by atoms with Gasteiger partial charge in [0.2, 0.25) is 0 Å². The molecule has 136 valence electrons. The third-order valence-electron chi connectivity index (χ3n) is 5.77. The Balaban J connectivity index is 1.48. The number of aryl methyl sites for hydroxylation is 2. The van der Waals surface area contributed by atoms with Crippen molar-refractivity contribution in [3.63, 3.8) is 0 Å². The van der Waals surface area contributed by atoms with Crippen molar-refractivity contribution < 1.29 is 5.11 Å². The Labute approximate surface area is 151 Å². The van der Waals surface area contributed by atoms with Crippen molar-refractivity contribution in [3.05, 3.63) is 54.1 Å². The monoisotopic (exact) mass is 341 g/mol. The van der Waals surface area contributed by atoms with Crippen molar-refractivity contribution in [2.75, 3.05) is 19.7 Å². The van der Waals surface area contributed by atoms with E-state index in [1.54, 1.807) is 0 Å². The fourth-order valence-corrected chi connectivity index (χ4v) is 3.96. The van der Waals surface area contributed by atoms with Gasteiger partial charge in [0, 0.05) is 25.5 Å². The van der Waals surface area contributed by atoms with Crippen LogP contribution < -0.4 is 0 Å². The first-order valence-electron chi connectivity index (χ1n) is 9.62. The molecule has 1 fully saturated rings. The lowest BCUT2D eigenvalue weighted by Gasteiger charge is -2.41. The van der Waals surface area contributed by atoms with Crippen LogP contribution in [0.1, 0.15) is 44.0 Å². The highest BCUT2D eigenvalue weighted by Gasteiger charge is 2.33. The van der Waals surface area contributed by atoms with Gasteiger partial charge in [-0.3, -0.25) is 4.90 Å². The van der Waals surface area contributed by atoms with Gasteiger partial charge in [0.05, 0.1) is 6.54 Å². The van der Waals surface area contributed by atoms with Crippen LogP contribution in [0.25, 0.3) is 0 Å². The third kappa shape index (κ3) is 4.71. The minimum absolute atomic E-state index is 0.117. The predicted molar refractivity (Wildman–Crippen MR) is 101 cm³/mol. The average Bonchev–Trinajstić information content (AvgIpc) is 3.11. The number of nitrogens with zero attached hydrogens (tertiary/aromatic N) is 3. The molecule has 3 rings (SSSR count). The zero-order valence-electron chi connectivity index (χ0n) is 15.4. The number of benzene rings is 1. The normalized spacial score (nSPS) is 17.7. The molecule has 2 heterocycles. The summed E-state index contributed by atoms with van der Waals surface area (Å²) in [5.41, 5.74) is 1.52. The van der Waals surface area contributed by atoms with E-state index < -0.39 is 0 Å². The van der Waals surface area contributed by atoms with Crippen LogP contribution in [0.15, 0.2) is 42.7 Å². The van der Waals surface area contributed by atoms with Gasteiger partial charge in [0.1, 0.15) is 5.82 Å². The van der Waals surface area contributed by atoms with Crippen molar-refractivity contribution >= 4 is 0 Å². The standard InChI is InChI=1S/C21H31N3O/c1-2-24-16-13-22-20(24)17-23-14-11-21(18-25,12-15-23)10-6-9-19-7-4-3-5-8-19/h3-5,7-8,13,16,25H,2,6,9-12,14-15,17-18H2,1H3. The fraction of sp³-hybridized carbons (Fsp3) is 0.571. The molecule has 1 saturated heterocycles. The quantitative estimate of drug-likeness (QED) is 0.799. The summed E-state index contributed by atoms with van der Waals surface area (Å²) in [5, 5.41) is 10.0. The number of imidazole rings is 1. The number of hydrogen-bond donors (Lipinski definition) is 1. The Hall–Kier alpha value is -1.65. The zero-order chi connectivity index (χ0) is 17.5. The number of piperidine rings is 1. The molecule has 0 saturated carbocycles. The predicted octanol–water partition coefficient (Wildman–Crippen LogP) is 3.50. The maximum absolute atomic E-state index is 10.0. The molecule has 0 radical (unpaired) electrons. The highest BCUT2D eigenvalue weighted by molar-refractivity contribution is 5.14. The van der Waals surface area contributed by atoms with E-state index in [1.165, 1.54) is 5.56 Å². The summed E-state index contributed by atoms with van der Waals surface area (Å²) >= 11 is 0. The molecular weight excluding hydrogens is 310 g/mol. The fourth-order valence-electron chi connectivity index (χ4n) is 3.96. The Morgan fingerprint density at radius 2 is 1.92 bits per heavy atom. The number of aliphatic hydroxyl groups excluding tert-OH is 1. The lowest BCUT2D eigenvalue weighted by molar-refractivity contribution is 0.0318. The van der Waals surface area contributed by atoms with E-state index in [2.05, 4.69) is 57.9 Å². The molecule has 0 amide bonds. The van der Waals surface area contributed by atoms with Crippen LogP contribution in [0.3, 0.4) is 0 Å². The molecule has 1 aromatic heterocycles. The second-order valence-electron chi connectivity index (χ2n) is 7.40. The minimum atomic E-state index is 0.117. The first-order chi connectivity index (χ1) is 12.2. The summed E-state index contributed by atoms with van der Waals surface area (Å²) in [6.07, 6.45) is 9.52. The molecule has 0 unspecified atom stereocenters. The largest absolute Gasteiger partial charge is 0.396 e. The summed E-state index contributed by atoms with van der Waals surface area (Å²) in [5.74, 6) is 1.16. The van der Waals surface area contributed by atoms with Gasteiger partial charge in [-0.2, -0.15) is 0 Å². The summed E-state index contributed by atoms with van der Waals surface area (Å²) in [6, 6.07) is 10.7. The number of rotatable bonds is 8. The van der Waals surface area contributed by atoms with Crippen LogP contribution in [-0.4, -0.2) is 39.3 Å². The maximum atomic E-state index is 10.0. The van der Waals surface area contributed by atoms with E-state index in [1.807, 2.05) is 6.20 Å². The number of aliphatic hydroxyl groups is 1. The van der Waals surface area contributed by atoms with Crippen LogP contribution in [0.2, 0.25) is 0 Å². The van der Waals surface area contributed by atoms with Crippen molar-refractivity contribution in [3.8, 4) is 0 Å². The second kappa shape index (κ2) is 8.63. The van der Waals surface area contributed by atoms with E-state index in [-0.39, 0.29) is 5.41 Å². The van der Waals surface area contributed by atoms with E-state index >= 15 is 0 Å². The first-order valence-corrected chi connectivity index (χ1v) is 9.62. The highest BCUT2D eigenvalue weighted by Crippen LogP contribution is 2.36. The van der Waals surface area contributed by atoms with Crippen molar-refractivity contribution in [1.29, 1.82) is 0 Å². The summed E-state index contributed by atoms with van der Waals surface area (Å²) in [4.78, 5) is 6.98. The molecule has 1 aliphatic rings.